The van der Waals surface area contributed by atoms with Gasteiger partial charge in [-0.2, -0.15) is 16.8 Å². The third-order valence-electron chi connectivity index (χ3n) is 5.68. The SMILES string of the molecule is COc1cc(OS(=O)(=O)c2ccccc2)cc2occ(-c3ccc(OS(=O)(=O)c4ccccc4)cc3)c(=O)c12. The van der Waals surface area contributed by atoms with Gasteiger partial charge in [-0.3, -0.25) is 4.79 Å². The lowest BCUT2D eigenvalue weighted by Gasteiger charge is -2.11. The molecule has 0 aliphatic heterocycles. The largest absolute Gasteiger partial charge is 0.496 e. The minimum atomic E-state index is -4.13. The average Bonchev–Trinajstić information content (AvgIpc) is 2.94. The van der Waals surface area contributed by atoms with Crippen LogP contribution in [0, 0.1) is 0 Å². The maximum atomic E-state index is 13.4. The third kappa shape index (κ3) is 5.35. The van der Waals surface area contributed by atoms with Gasteiger partial charge in [0.2, 0.25) is 5.43 Å². The molecule has 0 spiro atoms. The molecule has 0 amide bonds. The first-order valence-electron chi connectivity index (χ1n) is 11.4. The van der Waals surface area contributed by atoms with E-state index in [1.807, 2.05) is 0 Å². The summed E-state index contributed by atoms with van der Waals surface area (Å²) in [5.74, 6) is 0.0160. The Morgan fingerprint density at radius 2 is 1.21 bits per heavy atom. The van der Waals surface area contributed by atoms with Crippen LogP contribution in [0.3, 0.4) is 0 Å². The highest BCUT2D eigenvalue weighted by atomic mass is 32.2. The van der Waals surface area contributed by atoms with Crippen molar-refractivity contribution >= 4 is 31.2 Å². The van der Waals surface area contributed by atoms with Gasteiger partial charge in [-0.05, 0) is 42.0 Å². The van der Waals surface area contributed by atoms with Crippen LogP contribution in [0.2, 0.25) is 0 Å². The van der Waals surface area contributed by atoms with E-state index in [-0.39, 0.29) is 43.6 Å². The Balaban J connectivity index is 1.46. The van der Waals surface area contributed by atoms with Gasteiger partial charge in [-0.1, -0.05) is 48.5 Å². The van der Waals surface area contributed by atoms with Crippen molar-refractivity contribution in [2.24, 2.45) is 0 Å². The second kappa shape index (κ2) is 10.3. The summed E-state index contributed by atoms with van der Waals surface area (Å²) in [5, 5.41) is 0.0754. The summed E-state index contributed by atoms with van der Waals surface area (Å²) in [6, 6.07) is 23.8. The third-order valence-corrected chi connectivity index (χ3v) is 8.20. The molecular weight excluding hydrogens is 544 g/mol. The Kier molecular flexibility index (Phi) is 6.85. The molecule has 0 radical (unpaired) electrons. The van der Waals surface area contributed by atoms with Gasteiger partial charge >= 0.3 is 20.2 Å². The smallest absolute Gasteiger partial charge is 0.339 e. The summed E-state index contributed by atoms with van der Waals surface area (Å²) in [6.07, 6.45) is 1.22. The molecule has 5 rings (SSSR count). The fourth-order valence-electron chi connectivity index (χ4n) is 3.82. The molecule has 1 heterocycles. The van der Waals surface area contributed by atoms with Gasteiger partial charge in [-0.25, -0.2) is 0 Å². The Hall–Kier alpha value is -4.61. The Morgan fingerprint density at radius 1 is 0.667 bits per heavy atom. The monoisotopic (exact) mass is 564 g/mol. The highest BCUT2D eigenvalue weighted by Crippen LogP contribution is 2.33. The number of methoxy groups -OCH3 is 1. The van der Waals surface area contributed by atoms with E-state index in [1.54, 1.807) is 36.4 Å². The standard InChI is InChI=1S/C28H20O9S2/c1-34-25-16-21(37-39(32,33)23-10-6-3-7-11-23)17-26-27(25)28(29)24(18-35-26)19-12-14-20(15-13-19)36-38(30,31)22-8-4-2-5-9-22/h2-18H,1H3. The minimum absolute atomic E-state index is 0.0104. The van der Waals surface area contributed by atoms with Crippen molar-refractivity contribution in [1.29, 1.82) is 0 Å². The van der Waals surface area contributed by atoms with E-state index in [4.69, 9.17) is 17.5 Å². The van der Waals surface area contributed by atoms with Gasteiger partial charge in [0.1, 0.15) is 44.3 Å². The zero-order chi connectivity index (χ0) is 27.6. The molecule has 0 saturated heterocycles. The van der Waals surface area contributed by atoms with Crippen LogP contribution in [0.15, 0.2) is 122 Å². The predicted molar refractivity (Wildman–Crippen MR) is 143 cm³/mol. The van der Waals surface area contributed by atoms with E-state index < -0.39 is 25.7 Å². The second-order valence-electron chi connectivity index (χ2n) is 8.20. The van der Waals surface area contributed by atoms with E-state index in [2.05, 4.69) is 0 Å². The van der Waals surface area contributed by atoms with Gasteiger partial charge in [0, 0.05) is 12.1 Å². The minimum Gasteiger partial charge on any atom is -0.496 e. The molecule has 198 valence electrons. The maximum Gasteiger partial charge on any atom is 0.339 e. The quantitative estimate of drug-likeness (QED) is 0.239. The zero-order valence-electron chi connectivity index (χ0n) is 20.3. The molecule has 9 nitrogen and oxygen atoms in total. The first kappa shape index (κ1) is 26.0. The molecule has 0 fully saturated rings. The van der Waals surface area contributed by atoms with Crippen LogP contribution in [0.4, 0.5) is 0 Å². The van der Waals surface area contributed by atoms with Crippen LogP contribution in [0.1, 0.15) is 0 Å². The predicted octanol–water partition coefficient (Wildman–Crippen LogP) is 5.00. The highest BCUT2D eigenvalue weighted by molar-refractivity contribution is 7.87. The van der Waals surface area contributed by atoms with Gasteiger partial charge < -0.3 is 17.5 Å². The molecule has 0 atom stereocenters. The molecule has 39 heavy (non-hydrogen) atoms. The summed E-state index contributed by atoms with van der Waals surface area (Å²) < 4.78 is 71.7. The maximum absolute atomic E-state index is 13.4. The van der Waals surface area contributed by atoms with Gasteiger partial charge in [0.15, 0.2) is 0 Å². The number of hydrogen-bond acceptors (Lipinski definition) is 9. The summed E-state index contributed by atoms with van der Waals surface area (Å²) in [6.45, 7) is 0. The summed E-state index contributed by atoms with van der Waals surface area (Å²) in [4.78, 5) is 13.4. The second-order valence-corrected chi connectivity index (χ2v) is 11.3. The highest BCUT2D eigenvalue weighted by Gasteiger charge is 2.21. The molecule has 0 aliphatic rings. The number of fused-ring (bicyclic) bond motifs is 1. The van der Waals surface area contributed by atoms with Gasteiger partial charge in [-0.15, -0.1) is 0 Å². The first-order chi connectivity index (χ1) is 18.7. The lowest BCUT2D eigenvalue weighted by atomic mass is 10.0. The molecule has 5 aromatic rings. The van der Waals surface area contributed by atoms with E-state index in [0.29, 0.717) is 5.56 Å². The normalized spacial score (nSPS) is 11.7. The topological polar surface area (TPSA) is 126 Å². The van der Waals surface area contributed by atoms with Crippen molar-refractivity contribution in [2.75, 3.05) is 7.11 Å². The lowest BCUT2D eigenvalue weighted by molar-refractivity contribution is 0.415. The number of rotatable bonds is 8. The lowest BCUT2D eigenvalue weighted by Crippen LogP contribution is -2.11. The Bertz CT molecular complexity index is 1920. The number of benzene rings is 4. The molecule has 0 unspecified atom stereocenters. The van der Waals surface area contributed by atoms with Crippen molar-refractivity contribution in [3.05, 3.63) is 114 Å². The fourth-order valence-corrected chi connectivity index (χ4v) is 5.70. The van der Waals surface area contributed by atoms with Crippen LogP contribution in [-0.2, 0) is 20.2 Å². The summed E-state index contributed by atoms with van der Waals surface area (Å²) >= 11 is 0. The van der Waals surface area contributed by atoms with Crippen molar-refractivity contribution in [3.63, 3.8) is 0 Å². The number of hydrogen-bond donors (Lipinski definition) is 0. The summed E-state index contributed by atoms with van der Waals surface area (Å²) in [5.41, 5.74) is 0.208. The molecule has 0 N–H and O–H groups in total. The Morgan fingerprint density at radius 3 is 1.74 bits per heavy atom. The van der Waals surface area contributed by atoms with E-state index >= 15 is 0 Å². The van der Waals surface area contributed by atoms with Crippen molar-refractivity contribution < 1.29 is 34.4 Å². The van der Waals surface area contributed by atoms with Crippen molar-refractivity contribution in [1.82, 2.24) is 0 Å². The Labute approximate surface area is 224 Å². The molecule has 0 saturated carbocycles. The van der Waals surface area contributed by atoms with E-state index in [9.17, 15) is 21.6 Å². The van der Waals surface area contributed by atoms with Gasteiger partial charge in [0.05, 0.1) is 12.7 Å². The molecular formula is C28H20O9S2. The van der Waals surface area contributed by atoms with Gasteiger partial charge in [0.25, 0.3) is 0 Å². The molecule has 4 aromatic carbocycles. The summed E-state index contributed by atoms with van der Waals surface area (Å²) in [7, 11) is -6.83. The van der Waals surface area contributed by atoms with Crippen LogP contribution in [-0.4, -0.2) is 23.9 Å². The first-order valence-corrected chi connectivity index (χ1v) is 14.2. The average molecular weight is 565 g/mol. The molecule has 11 heteroatoms. The van der Waals surface area contributed by atoms with Crippen LogP contribution < -0.4 is 18.5 Å². The van der Waals surface area contributed by atoms with Crippen molar-refractivity contribution in [2.45, 2.75) is 9.79 Å². The molecule has 0 aliphatic carbocycles. The van der Waals surface area contributed by atoms with Crippen molar-refractivity contribution in [3.8, 4) is 28.4 Å². The molecule has 1 aromatic heterocycles. The van der Waals surface area contributed by atoms with Crippen LogP contribution in [0.25, 0.3) is 22.1 Å². The number of ether oxygens (including phenoxy) is 1. The van der Waals surface area contributed by atoms with Crippen LogP contribution in [0.5, 0.6) is 17.2 Å². The van der Waals surface area contributed by atoms with Crippen LogP contribution >= 0.6 is 0 Å². The zero-order valence-corrected chi connectivity index (χ0v) is 21.9. The van der Waals surface area contributed by atoms with E-state index in [0.717, 1.165) is 0 Å². The molecule has 0 bridgehead atoms. The van der Waals surface area contributed by atoms with E-state index in [1.165, 1.54) is 74.0 Å². The fraction of sp³-hybridized carbons (Fsp3) is 0.0357.